The molecule has 2 aliphatic rings. The molecule has 16 heavy (non-hydrogen) atoms. The second kappa shape index (κ2) is 4.30. The number of hydrogen-bond acceptors (Lipinski definition) is 2. The quantitative estimate of drug-likeness (QED) is 0.790. The first-order valence-electron chi connectivity index (χ1n) is 6.95. The topological polar surface area (TPSA) is 15.3 Å². The van der Waals surface area contributed by atoms with Crippen LogP contribution in [0.1, 0.15) is 53.4 Å². The zero-order valence-corrected chi connectivity index (χ0v) is 11.5. The van der Waals surface area contributed by atoms with E-state index in [1.165, 1.54) is 38.8 Å². The van der Waals surface area contributed by atoms with Crippen molar-refractivity contribution in [2.24, 2.45) is 5.41 Å². The molecule has 1 saturated carbocycles. The van der Waals surface area contributed by atoms with Gasteiger partial charge in [0.05, 0.1) is 0 Å². The molecule has 0 aromatic heterocycles. The average molecular weight is 224 g/mol. The average Bonchev–Trinajstić information content (AvgIpc) is 2.92. The Kier molecular flexibility index (Phi) is 3.33. The van der Waals surface area contributed by atoms with Gasteiger partial charge in [0, 0.05) is 31.2 Å². The Morgan fingerprint density at radius 1 is 1.31 bits per heavy atom. The minimum Gasteiger partial charge on any atom is -0.309 e. The molecular formula is C14H28N2. The molecule has 1 atom stereocenters. The Hall–Kier alpha value is -0.0800. The first kappa shape index (κ1) is 12.4. The van der Waals surface area contributed by atoms with Crippen LogP contribution in [0.2, 0.25) is 0 Å². The van der Waals surface area contributed by atoms with Crippen molar-refractivity contribution in [3.05, 3.63) is 0 Å². The van der Waals surface area contributed by atoms with Crippen molar-refractivity contribution in [3.8, 4) is 0 Å². The zero-order chi connectivity index (χ0) is 11.8. The molecule has 1 aliphatic heterocycles. The molecule has 2 fully saturated rings. The molecule has 1 unspecified atom stereocenters. The molecule has 0 amide bonds. The van der Waals surface area contributed by atoms with Crippen LogP contribution in [0.25, 0.3) is 0 Å². The summed E-state index contributed by atoms with van der Waals surface area (Å²) in [6, 6.07) is 0.711. The molecule has 2 nitrogen and oxygen atoms in total. The van der Waals surface area contributed by atoms with E-state index in [0.717, 1.165) is 6.54 Å². The lowest BCUT2D eigenvalue weighted by Gasteiger charge is -2.44. The molecule has 2 heteroatoms. The van der Waals surface area contributed by atoms with Crippen molar-refractivity contribution in [2.75, 3.05) is 19.6 Å². The maximum atomic E-state index is 3.63. The summed E-state index contributed by atoms with van der Waals surface area (Å²) < 4.78 is 0. The molecule has 0 bridgehead atoms. The van der Waals surface area contributed by atoms with Crippen LogP contribution in [-0.4, -0.2) is 36.1 Å². The third kappa shape index (κ3) is 2.78. The van der Waals surface area contributed by atoms with E-state index in [2.05, 4.69) is 37.9 Å². The first-order valence-corrected chi connectivity index (χ1v) is 6.95. The van der Waals surface area contributed by atoms with Gasteiger partial charge in [-0.15, -0.1) is 0 Å². The molecule has 0 spiro atoms. The summed E-state index contributed by atoms with van der Waals surface area (Å²) in [6.07, 6.45) is 5.73. The summed E-state index contributed by atoms with van der Waals surface area (Å²) in [5.74, 6) is 0. The summed E-state index contributed by atoms with van der Waals surface area (Å²) in [5, 5.41) is 3.63. The number of nitrogens with one attached hydrogen (secondary N) is 1. The van der Waals surface area contributed by atoms with E-state index in [1.54, 1.807) is 0 Å². The van der Waals surface area contributed by atoms with Crippen molar-refractivity contribution in [2.45, 2.75) is 65.0 Å². The van der Waals surface area contributed by atoms with Crippen LogP contribution in [0.15, 0.2) is 0 Å². The van der Waals surface area contributed by atoms with E-state index in [9.17, 15) is 0 Å². The van der Waals surface area contributed by atoms with Crippen LogP contribution >= 0.6 is 0 Å². The van der Waals surface area contributed by atoms with Gasteiger partial charge in [0.2, 0.25) is 0 Å². The van der Waals surface area contributed by atoms with Gasteiger partial charge in [0.25, 0.3) is 0 Å². The second-order valence-electron chi connectivity index (χ2n) is 6.77. The monoisotopic (exact) mass is 224 g/mol. The predicted octanol–water partition coefficient (Wildman–Crippen LogP) is 2.64. The molecule has 1 N–H and O–H groups in total. The van der Waals surface area contributed by atoms with E-state index >= 15 is 0 Å². The summed E-state index contributed by atoms with van der Waals surface area (Å²) >= 11 is 0. The minimum absolute atomic E-state index is 0.300. The standard InChI is InChI=1S/C14H28N2/c1-5-6-14(7-8-14)11-16-10-13(3,4)15-9-12(16)2/h12,15H,5-11H2,1-4H3. The SMILES string of the molecule is CCCC1(CN2CC(C)(C)NCC2C)CC1. The van der Waals surface area contributed by atoms with E-state index in [1.807, 2.05) is 0 Å². The molecule has 0 aromatic rings. The normalized spacial score (nSPS) is 32.6. The highest BCUT2D eigenvalue weighted by molar-refractivity contribution is 4.99. The van der Waals surface area contributed by atoms with E-state index < -0.39 is 0 Å². The van der Waals surface area contributed by atoms with Crippen LogP contribution in [0.4, 0.5) is 0 Å². The largest absolute Gasteiger partial charge is 0.309 e. The molecule has 0 radical (unpaired) electrons. The minimum atomic E-state index is 0.300. The van der Waals surface area contributed by atoms with Gasteiger partial charge in [-0.05, 0) is 45.4 Å². The van der Waals surface area contributed by atoms with Crippen molar-refractivity contribution >= 4 is 0 Å². The van der Waals surface area contributed by atoms with Gasteiger partial charge in [0.15, 0.2) is 0 Å². The second-order valence-corrected chi connectivity index (χ2v) is 6.77. The maximum Gasteiger partial charge on any atom is 0.0252 e. The van der Waals surface area contributed by atoms with E-state index in [0.29, 0.717) is 17.0 Å². The first-order chi connectivity index (χ1) is 7.46. The molecule has 1 saturated heterocycles. The highest BCUT2D eigenvalue weighted by Gasteiger charge is 2.44. The van der Waals surface area contributed by atoms with Crippen LogP contribution in [0, 0.1) is 5.41 Å². The lowest BCUT2D eigenvalue weighted by atomic mass is 9.94. The molecule has 1 heterocycles. The Morgan fingerprint density at radius 2 is 2.00 bits per heavy atom. The van der Waals surface area contributed by atoms with Crippen LogP contribution in [0.3, 0.4) is 0 Å². The molecular weight excluding hydrogens is 196 g/mol. The summed E-state index contributed by atoms with van der Waals surface area (Å²) in [7, 11) is 0. The Labute approximate surface area is 101 Å². The fraction of sp³-hybridized carbons (Fsp3) is 1.00. The smallest absolute Gasteiger partial charge is 0.0252 e. The fourth-order valence-electron chi connectivity index (χ4n) is 3.11. The van der Waals surface area contributed by atoms with Gasteiger partial charge >= 0.3 is 0 Å². The van der Waals surface area contributed by atoms with E-state index in [4.69, 9.17) is 0 Å². The fourth-order valence-corrected chi connectivity index (χ4v) is 3.11. The number of piperazine rings is 1. The van der Waals surface area contributed by atoms with Crippen molar-refractivity contribution < 1.29 is 0 Å². The van der Waals surface area contributed by atoms with Gasteiger partial charge in [-0.25, -0.2) is 0 Å². The van der Waals surface area contributed by atoms with Crippen LogP contribution < -0.4 is 5.32 Å². The number of nitrogens with zero attached hydrogens (tertiary/aromatic N) is 1. The molecule has 2 rings (SSSR count). The van der Waals surface area contributed by atoms with Crippen LogP contribution in [0.5, 0.6) is 0 Å². The van der Waals surface area contributed by atoms with Gasteiger partial charge in [-0.3, -0.25) is 4.90 Å². The summed E-state index contributed by atoms with van der Waals surface area (Å²) in [4.78, 5) is 2.72. The predicted molar refractivity (Wildman–Crippen MR) is 69.7 cm³/mol. The Morgan fingerprint density at radius 3 is 2.56 bits per heavy atom. The van der Waals surface area contributed by atoms with Gasteiger partial charge < -0.3 is 5.32 Å². The lowest BCUT2D eigenvalue weighted by Crippen LogP contribution is -2.61. The third-order valence-electron chi connectivity index (χ3n) is 4.37. The van der Waals surface area contributed by atoms with Crippen molar-refractivity contribution in [1.82, 2.24) is 10.2 Å². The van der Waals surface area contributed by atoms with E-state index in [-0.39, 0.29) is 0 Å². The summed E-state index contributed by atoms with van der Waals surface area (Å²) in [6.45, 7) is 13.0. The lowest BCUT2D eigenvalue weighted by molar-refractivity contribution is 0.0807. The molecule has 94 valence electrons. The van der Waals surface area contributed by atoms with Crippen LogP contribution in [-0.2, 0) is 0 Å². The molecule has 1 aliphatic carbocycles. The third-order valence-corrected chi connectivity index (χ3v) is 4.37. The maximum absolute atomic E-state index is 3.63. The highest BCUT2D eigenvalue weighted by Crippen LogP contribution is 2.50. The van der Waals surface area contributed by atoms with Gasteiger partial charge in [-0.1, -0.05) is 13.3 Å². The van der Waals surface area contributed by atoms with Gasteiger partial charge in [0.1, 0.15) is 0 Å². The van der Waals surface area contributed by atoms with Crippen molar-refractivity contribution in [3.63, 3.8) is 0 Å². The highest BCUT2D eigenvalue weighted by atomic mass is 15.3. The number of rotatable bonds is 4. The van der Waals surface area contributed by atoms with Gasteiger partial charge in [-0.2, -0.15) is 0 Å². The summed E-state index contributed by atoms with van der Waals surface area (Å²) in [5.41, 5.74) is 1.01. The Balaban J connectivity index is 1.92. The Bertz CT molecular complexity index is 243. The number of hydrogen-bond donors (Lipinski definition) is 1. The molecule has 0 aromatic carbocycles. The zero-order valence-electron chi connectivity index (χ0n) is 11.5. The van der Waals surface area contributed by atoms with Crippen molar-refractivity contribution in [1.29, 1.82) is 0 Å².